The van der Waals surface area contributed by atoms with Crippen LogP contribution in [0.25, 0.3) is 0 Å². The molecule has 0 unspecified atom stereocenters. The Morgan fingerprint density at radius 1 is 1.17 bits per heavy atom. The fourth-order valence-corrected chi connectivity index (χ4v) is 4.04. The number of nitrogens with zero attached hydrogens (tertiary/aromatic N) is 6. The molecule has 2 fully saturated rings. The fourth-order valence-electron chi connectivity index (χ4n) is 3.09. The second-order valence-electron chi connectivity index (χ2n) is 6.25. The molecule has 0 atom stereocenters. The summed E-state index contributed by atoms with van der Waals surface area (Å²) in [7, 11) is 0. The predicted molar refractivity (Wildman–Crippen MR) is 87.4 cm³/mol. The Morgan fingerprint density at radius 3 is 2.67 bits per heavy atom. The van der Waals surface area contributed by atoms with E-state index in [9.17, 15) is 8.78 Å². The molecule has 4 rings (SSSR count). The van der Waals surface area contributed by atoms with Crippen LogP contribution in [0.15, 0.2) is 17.6 Å². The molecule has 3 heterocycles. The molecule has 1 aliphatic heterocycles. The van der Waals surface area contributed by atoms with E-state index in [1.54, 1.807) is 0 Å². The molecule has 0 bridgehead atoms. The van der Waals surface area contributed by atoms with E-state index in [0.29, 0.717) is 17.6 Å². The summed E-state index contributed by atoms with van der Waals surface area (Å²) in [5, 5.41) is 9.54. The van der Waals surface area contributed by atoms with Gasteiger partial charge in [-0.2, -0.15) is 8.78 Å². The van der Waals surface area contributed by atoms with Crippen molar-refractivity contribution in [2.24, 2.45) is 0 Å². The molecule has 0 amide bonds. The number of aromatic nitrogens is 5. The molecule has 2 aliphatic rings. The van der Waals surface area contributed by atoms with Gasteiger partial charge in [0.1, 0.15) is 5.82 Å². The first-order valence-electron chi connectivity index (χ1n) is 8.36. The summed E-state index contributed by atoms with van der Waals surface area (Å²) in [6.07, 6.45) is 8.64. The summed E-state index contributed by atoms with van der Waals surface area (Å²) < 4.78 is 28.9. The van der Waals surface area contributed by atoms with Crippen molar-refractivity contribution >= 4 is 17.7 Å². The molecule has 1 aliphatic carbocycles. The number of piperidine rings is 1. The first kappa shape index (κ1) is 15.9. The summed E-state index contributed by atoms with van der Waals surface area (Å²) in [6.45, 7) is -0.523. The number of thioether (sulfide) groups is 1. The van der Waals surface area contributed by atoms with E-state index in [4.69, 9.17) is 0 Å². The zero-order chi connectivity index (χ0) is 16.5. The second kappa shape index (κ2) is 6.70. The molecular weight excluding hydrogens is 334 g/mol. The van der Waals surface area contributed by atoms with Gasteiger partial charge in [-0.25, -0.2) is 4.98 Å². The van der Waals surface area contributed by atoms with Crippen LogP contribution in [-0.4, -0.2) is 37.4 Å². The minimum atomic E-state index is -2.56. The topological polar surface area (TPSA) is 51.8 Å². The van der Waals surface area contributed by atoms with E-state index in [-0.39, 0.29) is 0 Å². The maximum Gasteiger partial charge on any atom is 0.319 e. The van der Waals surface area contributed by atoms with Gasteiger partial charge in [0.15, 0.2) is 5.16 Å². The molecule has 9 heteroatoms. The predicted octanol–water partition coefficient (Wildman–Crippen LogP) is 3.49. The molecule has 0 N–H and O–H groups in total. The highest BCUT2D eigenvalue weighted by atomic mass is 32.2. The van der Waals surface area contributed by atoms with E-state index in [1.165, 1.54) is 43.4 Å². The van der Waals surface area contributed by atoms with Gasteiger partial charge in [-0.05, 0) is 32.1 Å². The SMILES string of the molecule is FC(F)n1ccnc1CSc1nnc(N2CCCCC2)n1C1CC1. The quantitative estimate of drug-likeness (QED) is 0.743. The molecule has 0 aromatic carbocycles. The number of rotatable bonds is 6. The van der Waals surface area contributed by atoms with Crippen molar-refractivity contribution in [1.29, 1.82) is 0 Å². The Hall–Kier alpha value is -1.64. The second-order valence-corrected chi connectivity index (χ2v) is 7.19. The largest absolute Gasteiger partial charge is 0.341 e. The maximum absolute atomic E-state index is 12.9. The molecule has 1 saturated heterocycles. The summed E-state index contributed by atoms with van der Waals surface area (Å²) in [5.41, 5.74) is 0. The van der Waals surface area contributed by atoms with Crippen molar-refractivity contribution in [3.8, 4) is 0 Å². The number of hydrogen-bond acceptors (Lipinski definition) is 5. The van der Waals surface area contributed by atoms with Crippen molar-refractivity contribution in [3.05, 3.63) is 18.2 Å². The van der Waals surface area contributed by atoms with Crippen LogP contribution in [0.3, 0.4) is 0 Å². The lowest BCUT2D eigenvalue weighted by Gasteiger charge is -2.27. The van der Waals surface area contributed by atoms with Crippen LogP contribution in [0.2, 0.25) is 0 Å². The lowest BCUT2D eigenvalue weighted by molar-refractivity contribution is 0.0678. The monoisotopic (exact) mass is 354 g/mol. The smallest absolute Gasteiger partial charge is 0.319 e. The van der Waals surface area contributed by atoms with E-state index < -0.39 is 6.55 Å². The van der Waals surface area contributed by atoms with Gasteiger partial charge < -0.3 is 4.90 Å². The molecule has 130 valence electrons. The van der Waals surface area contributed by atoms with Crippen molar-refractivity contribution in [1.82, 2.24) is 24.3 Å². The number of imidazole rings is 1. The molecule has 6 nitrogen and oxygen atoms in total. The van der Waals surface area contributed by atoms with Crippen molar-refractivity contribution in [2.45, 2.75) is 55.6 Å². The third kappa shape index (κ3) is 3.13. The first-order valence-corrected chi connectivity index (χ1v) is 9.35. The zero-order valence-electron chi connectivity index (χ0n) is 13.3. The third-order valence-electron chi connectivity index (χ3n) is 4.49. The number of halogens is 2. The summed E-state index contributed by atoms with van der Waals surface area (Å²) >= 11 is 1.44. The molecule has 0 radical (unpaired) electrons. The van der Waals surface area contributed by atoms with Gasteiger partial charge >= 0.3 is 6.55 Å². The van der Waals surface area contributed by atoms with Crippen LogP contribution >= 0.6 is 11.8 Å². The van der Waals surface area contributed by atoms with Crippen molar-refractivity contribution < 1.29 is 8.78 Å². The van der Waals surface area contributed by atoms with Gasteiger partial charge in [-0.1, -0.05) is 11.8 Å². The Balaban J connectivity index is 1.52. The minimum absolute atomic E-state index is 0.361. The summed E-state index contributed by atoms with van der Waals surface area (Å²) in [5.74, 6) is 1.67. The van der Waals surface area contributed by atoms with E-state index in [0.717, 1.165) is 41.6 Å². The Labute approximate surface area is 143 Å². The highest BCUT2D eigenvalue weighted by Crippen LogP contribution is 2.41. The molecule has 24 heavy (non-hydrogen) atoms. The standard InChI is InChI=1S/C15H20F2N6S/c16-13(17)22-9-6-18-12(22)10-24-15-20-19-14(23(15)11-4-5-11)21-7-2-1-3-8-21/h6,9,11,13H,1-5,7-8,10H2. The summed E-state index contributed by atoms with van der Waals surface area (Å²) in [6, 6.07) is 0.453. The molecule has 2 aromatic heterocycles. The van der Waals surface area contributed by atoms with Crippen LogP contribution in [0.4, 0.5) is 14.7 Å². The van der Waals surface area contributed by atoms with E-state index in [2.05, 4.69) is 24.6 Å². The average molecular weight is 354 g/mol. The number of anilines is 1. The van der Waals surface area contributed by atoms with Gasteiger partial charge in [-0.3, -0.25) is 9.13 Å². The zero-order valence-corrected chi connectivity index (χ0v) is 14.1. The molecular formula is C15H20F2N6S. The first-order chi connectivity index (χ1) is 11.7. The Bertz CT molecular complexity index is 690. The van der Waals surface area contributed by atoms with Crippen LogP contribution in [-0.2, 0) is 5.75 Å². The normalized spacial score (nSPS) is 18.5. The van der Waals surface area contributed by atoms with E-state index >= 15 is 0 Å². The van der Waals surface area contributed by atoms with Crippen molar-refractivity contribution in [3.63, 3.8) is 0 Å². The average Bonchev–Trinajstić information content (AvgIpc) is 3.17. The van der Waals surface area contributed by atoms with Gasteiger partial charge in [-0.15, -0.1) is 10.2 Å². The molecule has 1 saturated carbocycles. The maximum atomic E-state index is 12.9. The Kier molecular flexibility index (Phi) is 4.43. The number of hydrogen-bond donors (Lipinski definition) is 0. The van der Waals surface area contributed by atoms with Crippen LogP contribution in [0, 0.1) is 0 Å². The van der Waals surface area contributed by atoms with Crippen molar-refractivity contribution in [2.75, 3.05) is 18.0 Å². The highest BCUT2D eigenvalue weighted by Gasteiger charge is 2.32. The lowest BCUT2D eigenvalue weighted by atomic mass is 10.1. The van der Waals surface area contributed by atoms with Crippen LogP contribution in [0.5, 0.6) is 0 Å². The van der Waals surface area contributed by atoms with Gasteiger partial charge in [0.2, 0.25) is 5.95 Å². The van der Waals surface area contributed by atoms with Gasteiger partial charge in [0, 0.05) is 31.5 Å². The minimum Gasteiger partial charge on any atom is -0.341 e. The molecule has 0 spiro atoms. The Morgan fingerprint density at radius 2 is 1.96 bits per heavy atom. The lowest BCUT2D eigenvalue weighted by Crippen LogP contribution is -2.31. The summed E-state index contributed by atoms with van der Waals surface area (Å²) in [4.78, 5) is 6.34. The van der Waals surface area contributed by atoms with E-state index in [1.807, 2.05) is 0 Å². The third-order valence-corrected chi connectivity index (χ3v) is 5.43. The van der Waals surface area contributed by atoms with Crippen LogP contribution < -0.4 is 4.90 Å². The van der Waals surface area contributed by atoms with Gasteiger partial charge in [0.25, 0.3) is 0 Å². The number of alkyl halides is 2. The fraction of sp³-hybridized carbons (Fsp3) is 0.667. The van der Waals surface area contributed by atoms with Gasteiger partial charge in [0.05, 0.1) is 5.75 Å². The van der Waals surface area contributed by atoms with Crippen LogP contribution in [0.1, 0.15) is 50.5 Å². The highest BCUT2D eigenvalue weighted by molar-refractivity contribution is 7.98. The molecule has 2 aromatic rings.